The topological polar surface area (TPSA) is 6.48 Å². The molecule has 21 heavy (non-hydrogen) atoms. The van der Waals surface area contributed by atoms with Crippen molar-refractivity contribution in [3.8, 4) is 0 Å². The molecule has 114 valence electrons. The van der Waals surface area contributed by atoms with Gasteiger partial charge in [-0.3, -0.25) is 9.80 Å². The fourth-order valence-corrected chi connectivity index (χ4v) is 5.25. The van der Waals surface area contributed by atoms with Crippen molar-refractivity contribution in [3.63, 3.8) is 0 Å². The number of halogens is 1. The first kappa shape index (κ1) is 14.2. The molecule has 0 aromatic heterocycles. The van der Waals surface area contributed by atoms with Crippen LogP contribution < -0.4 is 0 Å². The number of rotatable bonds is 3. The minimum Gasteiger partial charge on any atom is -0.298 e. The average Bonchev–Trinajstić information content (AvgIpc) is 3.11. The summed E-state index contributed by atoms with van der Waals surface area (Å²) < 4.78 is 1.20. The molecule has 1 aliphatic heterocycles. The predicted molar refractivity (Wildman–Crippen MR) is 90.2 cm³/mol. The maximum atomic E-state index is 3.57. The van der Waals surface area contributed by atoms with Crippen LogP contribution in [0.1, 0.15) is 31.2 Å². The van der Waals surface area contributed by atoms with E-state index in [-0.39, 0.29) is 0 Å². The van der Waals surface area contributed by atoms with Gasteiger partial charge in [0.15, 0.2) is 0 Å². The molecule has 0 amide bonds. The van der Waals surface area contributed by atoms with E-state index < -0.39 is 0 Å². The quantitative estimate of drug-likeness (QED) is 0.820. The molecule has 2 nitrogen and oxygen atoms in total. The molecule has 1 heterocycles. The van der Waals surface area contributed by atoms with Crippen LogP contribution in [-0.4, -0.2) is 42.0 Å². The summed E-state index contributed by atoms with van der Waals surface area (Å²) >= 11 is 3.57. The Kier molecular flexibility index (Phi) is 4.08. The molecule has 3 unspecified atom stereocenters. The monoisotopic (exact) mass is 348 g/mol. The number of benzene rings is 1. The second kappa shape index (κ2) is 6.02. The van der Waals surface area contributed by atoms with Crippen molar-refractivity contribution in [2.75, 3.05) is 26.2 Å². The van der Waals surface area contributed by atoms with Crippen LogP contribution in [0.2, 0.25) is 0 Å². The number of piperazine rings is 1. The van der Waals surface area contributed by atoms with Crippen molar-refractivity contribution in [1.29, 1.82) is 0 Å². The Morgan fingerprint density at radius 1 is 1.05 bits per heavy atom. The Labute approximate surface area is 136 Å². The van der Waals surface area contributed by atoms with E-state index in [4.69, 9.17) is 0 Å². The maximum Gasteiger partial charge on any atom is 0.0235 e. The lowest BCUT2D eigenvalue weighted by molar-refractivity contribution is 0.0679. The van der Waals surface area contributed by atoms with Gasteiger partial charge in [-0.15, -0.1) is 0 Å². The van der Waals surface area contributed by atoms with Gasteiger partial charge in [0.05, 0.1) is 0 Å². The highest BCUT2D eigenvalue weighted by Crippen LogP contribution is 2.46. The summed E-state index contributed by atoms with van der Waals surface area (Å²) in [5.74, 6) is 2.10. The van der Waals surface area contributed by atoms with Crippen LogP contribution in [0.25, 0.3) is 0 Å². The van der Waals surface area contributed by atoms with Crippen molar-refractivity contribution in [2.45, 2.75) is 38.3 Å². The van der Waals surface area contributed by atoms with Gasteiger partial charge in [-0.05, 0) is 48.8 Å². The van der Waals surface area contributed by atoms with Gasteiger partial charge in [0, 0.05) is 43.2 Å². The smallest absolute Gasteiger partial charge is 0.0235 e. The zero-order chi connectivity index (χ0) is 14.2. The van der Waals surface area contributed by atoms with E-state index in [1.54, 1.807) is 0 Å². The first-order chi connectivity index (χ1) is 10.3. The molecule has 2 bridgehead atoms. The summed E-state index contributed by atoms with van der Waals surface area (Å²) in [6.07, 6.45) is 6.05. The van der Waals surface area contributed by atoms with Gasteiger partial charge >= 0.3 is 0 Å². The largest absolute Gasteiger partial charge is 0.298 e. The molecule has 2 saturated carbocycles. The fraction of sp³-hybridized carbons (Fsp3) is 0.667. The number of hydrogen-bond acceptors (Lipinski definition) is 2. The van der Waals surface area contributed by atoms with E-state index in [2.05, 4.69) is 50.0 Å². The molecule has 3 aliphatic rings. The van der Waals surface area contributed by atoms with Gasteiger partial charge in [-0.25, -0.2) is 0 Å². The van der Waals surface area contributed by atoms with Crippen LogP contribution in [0.5, 0.6) is 0 Å². The van der Waals surface area contributed by atoms with Gasteiger partial charge in [0.2, 0.25) is 0 Å². The average molecular weight is 349 g/mol. The van der Waals surface area contributed by atoms with Crippen molar-refractivity contribution in [2.24, 2.45) is 11.8 Å². The molecule has 0 spiro atoms. The fourth-order valence-electron chi connectivity index (χ4n) is 4.80. The van der Waals surface area contributed by atoms with Crippen LogP contribution in [0.4, 0.5) is 0 Å². The molecule has 3 fully saturated rings. The Morgan fingerprint density at radius 2 is 1.90 bits per heavy atom. The van der Waals surface area contributed by atoms with Gasteiger partial charge in [-0.1, -0.05) is 34.5 Å². The molecule has 4 rings (SSSR count). The zero-order valence-corrected chi connectivity index (χ0v) is 14.3. The van der Waals surface area contributed by atoms with Gasteiger partial charge in [0.1, 0.15) is 0 Å². The lowest BCUT2D eigenvalue weighted by Crippen LogP contribution is -2.51. The summed E-state index contributed by atoms with van der Waals surface area (Å²) in [5.41, 5.74) is 1.43. The molecule has 3 atom stereocenters. The minimum atomic E-state index is 0.928. The first-order valence-electron chi connectivity index (χ1n) is 8.49. The summed E-state index contributed by atoms with van der Waals surface area (Å²) in [6.45, 7) is 6.13. The molecular formula is C18H25BrN2. The van der Waals surface area contributed by atoms with E-state index in [0.717, 1.165) is 24.4 Å². The van der Waals surface area contributed by atoms with Crippen LogP contribution >= 0.6 is 15.9 Å². The summed E-state index contributed by atoms with van der Waals surface area (Å²) in [6, 6.07) is 9.67. The lowest BCUT2D eigenvalue weighted by Gasteiger charge is -2.41. The van der Waals surface area contributed by atoms with Crippen LogP contribution in [0.15, 0.2) is 28.7 Å². The zero-order valence-electron chi connectivity index (χ0n) is 12.7. The number of hydrogen-bond donors (Lipinski definition) is 0. The number of nitrogens with zero attached hydrogens (tertiary/aromatic N) is 2. The Bertz CT molecular complexity index is 496. The molecule has 0 radical (unpaired) electrons. The SMILES string of the molecule is Brc1cccc(CN2CCN(C3CC4CCC3C4)CC2)c1. The third-order valence-corrected chi connectivity index (χ3v) is 6.37. The minimum absolute atomic E-state index is 0.928. The van der Waals surface area contributed by atoms with E-state index in [0.29, 0.717) is 0 Å². The molecule has 1 aromatic carbocycles. The van der Waals surface area contributed by atoms with Gasteiger partial charge < -0.3 is 0 Å². The highest BCUT2D eigenvalue weighted by molar-refractivity contribution is 9.10. The van der Waals surface area contributed by atoms with Crippen LogP contribution in [0.3, 0.4) is 0 Å². The van der Waals surface area contributed by atoms with Crippen molar-refractivity contribution in [1.82, 2.24) is 9.80 Å². The highest BCUT2D eigenvalue weighted by Gasteiger charge is 2.42. The van der Waals surface area contributed by atoms with E-state index in [1.165, 1.54) is 61.9 Å². The lowest BCUT2D eigenvalue weighted by atomic mass is 9.93. The van der Waals surface area contributed by atoms with Crippen LogP contribution in [-0.2, 0) is 6.54 Å². The summed E-state index contributed by atoms with van der Waals surface area (Å²) in [5, 5.41) is 0. The molecule has 1 saturated heterocycles. The third-order valence-electron chi connectivity index (χ3n) is 5.87. The van der Waals surface area contributed by atoms with E-state index in [9.17, 15) is 0 Å². The molecule has 3 heteroatoms. The molecular weight excluding hydrogens is 324 g/mol. The Morgan fingerprint density at radius 3 is 2.57 bits per heavy atom. The number of fused-ring (bicyclic) bond motifs is 2. The second-order valence-corrected chi connectivity index (χ2v) is 8.10. The first-order valence-corrected chi connectivity index (χ1v) is 9.28. The van der Waals surface area contributed by atoms with Crippen LogP contribution in [0, 0.1) is 11.8 Å². The van der Waals surface area contributed by atoms with Crippen molar-refractivity contribution >= 4 is 15.9 Å². The summed E-state index contributed by atoms with van der Waals surface area (Å²) in [7, 11) is 0. The maximum absolute atomic E-state index is 3.57. The van der Waals surface area contributed by atoms with E-state index in [1.807, 2.05) is 0 Å². The Hall–Kier alpha value is -0.380. The normalized spacial score (nSPS) is 33.7. The van der Waals surface area contributed by atoms with Crippen molar-refractivity contribution < 1.29 is 0 Å². The van der Waals surface area contributed by atoms with E-state index >= 15 is 0 Å². The standard InChI is InChI=1S/C18H25BrN2/c19-17-3-1-2-15(11-17)13-20-6-8-21(9-7-20)18-12-14-4-5-16(18)10-14/h1-3,11,14,16,18H,4-10,12-13H2. The summed E-state index contributed by atoms with van der Waals surface area (Å²) in [4.78, 5) is 5.42. The van der Waals surface area contributed by atoms with Gasteiger partial charge in [-0.2, -0.15) is 0 Å². The Balaban J connectivity index is 1.31. The van der Waals surface area contributed by atoms with Gasteiger partial charge in [0.25, 0.3) is 0 Å². The second-order valence-electron chi connectivity index (χ2n) is 7.18. The molecule has 1 aromatic rings. The van der Waals surface area contributed by atoms with Crippen molar-refractivity contribution in [3.05, 3.63) is 34.3 Å². The highest BCUT2D eigenvalue weighted by atomic mass is 79.9. The molecule has 2 aliphatic carbocycles. The third kappa shape index (κ3) is 3.06. The molecule has 0 N–H and O–H groups in total. The predicted octanol–water partition coefficient (Wildman–Crippen LogP) is 3.76.